The van der Waals surface area contributed by atoms with Crippen LogP contribution in [0.5, 0.6) is 0 Å². The lowest BCUT2D eigenvalue weighted by molar-refractivity contribution is -0.154. The van der Waals surface area contributed by atoms with Crippen molar-refractivity contribution < 1.29 is 27.2 Å². The molecule has 0 radical (unpaired) electrons. The van der Waals surface area contributed by atoms with E-state index in [0.717, 1.165) is 59.8 Å². The predicted octanol–water partition coefficient (Wildman–Crippen LogP) is 3.48. The second-order valence-corrected chi connectivity index (χ2v) is 11.4. The fraction of sp³-hybridized carbons (Fsp3) is 0.583. The van der Waals surface area contributed by atoms with Gasteiger partial charge in [0.05, 0.1) is 24.2 Å². The van der Waals surface area contributed by atoms with Gasteiger partial charge in [0, 0.05) is 23.0 Å². The monoisotopic (exact) mass is 461 g/mol. The summed E-state index contributed by atoms with van der Waals surface area (Å²) in [7, 11) is -3.12. The van der Waals surface area contributed by atoms with Crippen LogP contribution in [0.25, 0.3) is 11.0 Å². The Morgan fingerprint density at radius 1 is 1.09 bits per heavy atom. The molecule has 1 aromatic carbocycles. The van der Waals surface area contributed by atoms with Gasteiger partial charge in [0.2, 0.25) is 0 Å². The lowest BCUT2D eigenvalue weighted by Gasteiger charge is -2.38. The topological polar surface area (TPSA) is 93.9 Å². The second kappa shape index (κ2) is 9.25. The molecular weight excluding hydrogens is 430 g/mol. The quantitative estimate of drug-likeness (QED) is 0.612. The molecule has 0 spiro atoms. The van der Waals surface area contributed by atoms with E-state index in [-0.39, 0.29) is 42.5 Å². The molecule has 174 valence electrons. The number of benzene rings is 1. The maximum atomic E-state index is 13.1. The van der Waals surface area contributed by atoms with E-state index in [4.69, 9.17) is 9.15 Å². The number of fused-ring (bicyclic) bond motifs is 1. The van der Waals surface area contributed by atoms with Gasteiger partial charge in [-0.3, -0.25) is 9.59 Å². The van der Waals surface area contributed by atoms with E-state index in [2.05, 4.69) is 0 Å². The molecule has 1 atom stereocenters. The lowest BCUT2D eigenvalue weighted by Crippen LogP contribution is -2.50. The molecule has 1 aromatic heterocycles. The van der Waals surface area contributed by atoms with Crippen molar-refractivity contribution in [3.8, 4) is 0 Å². The third-order valence-corrected chi connectivity index (χ3v) is 8.64. The standard InChI is InChI=1S/C24H31NO6S/c1-16-8-9-21-18(13-31-24(21)17(16)2)12-23(27)30-14-22(26)25(19-6-4-3-5-7-19)20-10-11-32(28,29)15-20/h8-9,13,19-20H,3-7,10-12,14-15H2,1-2H3. The summed E-state index contributed by atoms with van der Waals surface area (Å²) in [5, 5.41) is 0.872. The fourth-order valence-electron chi connectivity index (χ4n) is 5.01. The zero-order valence-electron chi connectivity index (χ0n) is 18.8. The number of hydrogen-bond donors (Lipinski definition) is 0. The van der Waals surface area contributed by atoms with Crippen LogP contribution in [-0.4, -0.2) is 55.4 Å². The van der Waals surface area contributed by atoms with Gasteiger partial charge in [0.1, 0.15) is 5.58 Å². The van der Waals surface area contributed by atoms with Crippen molar-refractivity contribution >= 4 is 32.7 Å². The van der Waals surface area contributed by atoms with Crippen LogP contribution in [0.4, 0.5) is 0 Å². The maximum absolute atomic E-state index is 13.1. The Labute approximate surface area is 189 Å². The molecule has 1 aliphatic carbocycles. The molecule has 1 unspecified atom stereocenters. The Morgan fingerprint density at radius 2 is 1.84 bits per heavy atom. The number of esters is 1. The summed E-state index contributed by atoms with van der Waals surface area (Å²) >= 11 is 0. The van der Waals surface area contributed by atoms with Crippen LogP contribution in [0.15, 0.2) is 22.8 Å². The van der Waals surface area contributed by atoms with E-state index < -0.39 is 15.8 Å². The second-order valence-electron chi connectivity index (χ2n) is 9.13. The number of carbonyl (C=O) groups is 2. The highest BCUT2D eigenvalue weighted by Crippen LogP contribution is 2.29. The number of ether oxygens (including phenoxy) is 1. The van der Waals surface area contributed by atoms with E-state index in [1.807, 2.05) is 26.0 Å². The number of aryl methyl sites for hydroxylation is 2. The van der Waals surface area contributed by atoms with Gasteiger partial charge in [-0.2, -0.15) is 0 Å². The summed E-state index contributed by atoms with van der Waals surface area (Å²) in [4.78, 5) is 27.3. The van der Waals surface area contributed by atoms with E-state index >= 15 is 0 Å². The summed E-state index contributed by atoms with van der Waals surface area (Å²) in [5.74, 6) is -0.679. The minimum Gasteiger partial charge on any atom is -0.464 e. The predicted molar refractivity (Wildman–Crippen MR) is 121 cm³/mol. The van der Waals surface area contributed by atoms with Crippen LogP contribution >= 0.6 is 0 Å². The first-order chi connectivity index (χ1) is 15.2. The van der Waals surface area contributed by atoms with Crippen molar-refractivity contribution in [1.29, 1.82) is 0 Å². The van der Waals surface area contributed by atoms with Crippen LogP contribution < -0.4 is 0 Å². The van der Waals surface area contributed by atoms with E-state index in [0.29, 0.717) is 6.42 Å². The van der Waals surface area contributed by atoms with Crippen LogP contribution in [0, 0.1) is 13.8 Å². The van der Waals surface area contributed by atoms with Crippen molar-refractivity contribution in [1.82, 2.24) is 4.90 Å². The van der Waals surface area contributed by atoms with Gasteiger partial charge in [0.15, 0.2) is 16.4 Å². The Hall–Kier alpha value is -2.35. The summed E-state index contributed by atoms with van der Waals surface area (Å²) < 4.78 is 35.0. The van der Waals surface area contributed by atoms with Crippen molar-refractivity contribution in [3.05, 3.63) is 35.1 Å². The largest absolute Gasteiger partial charge is 0.464 e. The van der Waals surface area contributed by atoms with E-state index in [1.165, 1.54) is 0 Å². The average molecular weight is 462 g/mol. The van der Waals surface area contributed by atoms with Gasteiger partial charge < -0.3 is 14.1 Å². The molecule has 8 heteroatoms. The van der Waals surface area contributed by atoms with Gasteiger partial charge in [-0.1, -0.05) is 31.4 Å². The molecule has 4 rings (SSSR count). The van der Waals surface area contributed by atoms with Crippen molar-refractivity contribution in [2.24, 2.45) is 0 Å². The summed E-state index contributed by atoms with van der Waals surface area (Å²) in [6.07, 6.45) is 6.97. The number of hydrogen-bond acceptors (Lipinski definition) is 6. The van der Waals surface area contributed by atoms with Gasteiger partial charge >= 0.3 is 5.97 Å². The van der Waals surface area contributed by atoms with Crippen LogP contribution in [0.1, 0.15) is 55.2 Å². The number of amides is 1. The van der Waals surface area contributed by atoms with Gasteiger partial charge in [-0.05, 0) is 44.2 Å². The van der Waals surface area contributed by atoms with Gasteiger partial charge in [0.25, 0.3) is 5.91 Å². The molecule has 2 aromatic rings. The molecule has 1 aliphatic heterocycles. The summed E-state index contributed by atoms with van der Waals surface area (Å²) in [5.41, 5.74) is 3.64. The van der Waals surface area contributed by atoms with Crippen molar-refractivity contribution in [2.75, 3.05) is 18.1 Å². The maximum Gasteiger partial charge on any atom is 0.310 e. The van der Waals surface area contributed by atoms with Crippen LogP contribution in [0.2, 0.25) is 0 Å². The van der Waals surface area contributed by atoms with Crippen molar-refractivity contribution in [3.63, 3.8) is 0 Å². The third-order valence-electron chi connectivity index (χ3n) is 6.89. The van der Waals surface area contributed by atoms with Gasteiger partial charge in [-0.25, -0.2) is 8.42 Å². The third kappa shape index (κ3) is 4.85. The first-order valence-electron chi connectivity index (χ1n) is 11.4. The zero-order valence-corrected chi connectivity index (χ0v) is 19.6. The molecular formula is C24H31NO6S. The normalized spacial score (nSPS) is 21.0. The average Bonchev–Trinajstić information content (AvgIpc) is 3.33. The number of sulfone groups is 1. The molecule has 0 N–H and O–H groups in total. The van der Waals surface area contributed by atoms with E-state index in [9.17, 15) is 18.0 Å². The minimum atomic E-state index is -3.12. The SMILES string of the molecule is Cc1ccc2c(CC(=O)OCC(=O)N(C3CCCCC3)C3CCS(=O)(=O)C3)coc2c1C. The Balaban J connectivity index is 1.41. The lowest BCUT2D eigenvalue weighted by atomic mass is 9.93. The Morgan fingerprint density at radius 3 is 2.53 bits per heavy atom. The molecule has 32 heavy (non-hydrogen) atoms. The van der Waals surface area contributed by atoms with Crippen LogP contribution in [-0.2, 0) is 30.6 Å². The molecule has 2 fully saturated rings. The molecule has 7 nitrogen and oxygen atoms in total. The highest BCUT2D eigenvalue weighted by atomic mass is 32.2. The molecule has 1 saturated heterocycles. The van der Waals surface area contributed by atoms with Crippen molar-refractivity contribution in [2.45, 2.75) is 70.9 Å². The summed E-state index contributed by atoms with van der Waals surface area (Å²) in [6.45, 7) is 3.62. The first-order valence-corrected chi connectivity index (χ1v) is 13.2. The van der Waals surface area contributed by atoms with Crippen LogP contribution in [0.3, 0.4) is 0 Å². The smallest absolute Gasteiger partial charge is 0.310 e. The first kappa shape index (κ1) is 22.8. The minimum absolute atomic E-state index is 0.00294. The molecule has 2 aliphatic rings. The Bertz CT molecular complexity index is 1110. The zero-order chi connectivity index (χ0) is 22.9. The summed E-state index contributed by atoms with van der Waals surface area (Å²) in [6, 6.07) is 3.62. The number of carbonyl (C=O) groups excluding carboxylic acids is 2. The highest BCUT2D eigenvalue weighted by molar-refractivity contribution is 7.91. The Kier molecular flexibility index (Phi) is 6.60. The number of furan rings is 1. The highest BCUT2D eigenvalue weighted by Gasteiger charge is 2.38. The van der Waals surface area contributed by atoms with E-state index in [1.54, 1.807) is 11.2 Å². The van der Waals surface area contributed by atoms with Gasteiger partial charge in [-0.15, -0.1) is 0 Å². The molecule has 1 amide bonds. The number of rotatable bonds is 6. The fourth-order valence-corrected chi connectivity index (χ4v) is 6.72. The molecule has 1 saturated carbocycles. The molecule has 2 heterocycles. The number of nitrogens with zero attached hydrogens (tertiary/aromatic N) is 1. The molecule has 0 bridgehead atoms.